The van der Waals surface area contributed by atoms with Gasteiger partial charge in [-0.15, -0.1) is 0 Å². The molecule has 0 amide bonds. The average Bonchev–Trinajstić information content (AvgIpc) is 2.30. The summed E-state index contributed by atoms with van der Waals surface area (Å²) in [5.41, 5.74) is 8.77. The van der Waals surface area contributed by atoms with E-state index < -0.39 is 0 Å². The molecule has 2 rings (SSSR count). The van der Waals surface area contributed by atoms with Crippen molar-refractivity contribution in [3.05, 3.63) is 60.2 Å². The quantitative estimate of drug-likeness (QED) is 0.763. The summed E-state index contributed by atoms with van der Waals surface area (Å²) >= 11 is 0. The molecule has 2 nitrogen and oxygen atoms in total. The molecule has 0 spiro atoms. The monoisotopic (exact) mass is 211 g/mol. The van der Waals surface area contributed by atoms with Gasteiger partial charge in [0.05, 0.1) is 0 Å². The molecule has 2 aromatic carbocycles. The van der Waals surface area contributed by atoms with Crippen LogP contribution in [0.3, 0.4) is 0 Å². The highest BCUT2D eigenvalue weighted by Crippen LogP contribution is 2.11. The molecule has 0 heterocycles. The summed E-state index contributed by atoms with van der Waals surface area (Å²) in [5.74, 6) is 0. The van der Waals surface area contributed by atoms with Crippen LogP contribution >= 0.6 is 0 Å². The normalized spacial score (nSPS) is 10.0. The van der Waals surface area contributed by atoms with Crippen molar-refractivity contribution in [1.29, 1.82) is 0 Å². The van der Waals surface area contributed by atoms with Gasteiger partial charge >= 0.3 is 0 Å². The standard InChI is InChI=1S/C14H15N2/c15-13-7-4-8-14(11-13)16-10-9-12-5-2-1-3-6-12/h1-3,5-8,11,16H,9-10,15H2. The fourth-order valence-corrected chi connectivity index (χ4v) is 1.59. The van der Waals surface area contributed by atoms with Crippen molar-refractivity contribution in [2.24, 2.45) is 0 Å². The van der Waals surface area contributed by atoms with Crippen LogP contribution < -0.4 is 11.1 Å². The van der Waals surface area contributed by atoms with Gasteiger partial charge in [-0.3, -0.25) is 0 Å². The molecule has 16 heavy (non-hydrogen) atoms. The van der Waals surface area contributed by atoms with E-state index in [1.54, 1.807) is 6.07 Å². The lowest BCUT2D eigenvalue weighted by Gasteiger charge is -2.06. The number of nitrogen functional groups attached to an aromatic ring is 1. The van der Waals surface area contributed by atoms with Gasteiger partial charge in [0.25, 0.3) is 0 Å². The van der Waals surface area contributed by atoms with E-state index in [-0.39, 0.29) is 0 Å². The van der Waals surface area contributed by atoms with Gasteiger partial charge < -0.3 is 11.1 Å². The zero-order valence-corrected chi connectivity index (χ0v) is 9.11. The Hall–Kier alpha value is -1.96. The van der Waals surface area contributed by atoms with Crippen LogP contribution in [-0.4, -0.2) is 6.54 Å². The average molecular weight is 211 g/mol. The predicted molar refractivity (Wildman–Crippen MR) is 68.3 cm³/mol. The molecule has 2 aromatic rings. The molecule has 0 aliphatic heterocycles. The molecular formula is C14H15N2. The van der Waals surface area contributed by atoms with Gasteiger partial charge in [-0.05, 0) is 36.2 Å². The summed E-state index contributed by atoms with van der Waals surface area (Å²) in [4.78, 5) is 0. The Labute approximate surface area is 96.1 Å². The predicted octanol–water partition coefficient (Wildman–Crippen LogP) is 2.72. The molecule has 0 aliphatic carbocycles. The second-order valence-electron chi connectivity index (χ2n) is 3.72. The maximum absolute atomic E-state index is 5.67. The lowest BCUT2D eigenvalue weighted by molar-refractivity contribution is 1.02. The molecule has 81 valence electrons. The third-order valence-corrected chi connectivity index (χ3v) is 2.40. The van der Waals surface area contributed by atoms with Gasteiger partial charge in [-0.25, -0.2) is 0 Å². The van der Waals surface area contributed by atoms with Gasteiger partial charge in [0.1, 0.15) is 0 Å². The molecule has 0 saturated heterocycles. The zero-order valence-electron chi connectivity index (χ0n) is 9.11. The van der Waals surface area contributed by atoms with E-state index in [0.717, 1.165) is 24.3 Å². The number of hydrogen-bond acceptors (Lipinski definition) is 2. The lowest BCUT2D eigenvalue weighted by atomic mass is 10.1. The van der Waals surface area contributed by atoms with E-state index in [1.165, 1.54) is 5.56 Å². The van der Waals surface area contributed by atoms with Crippen LogP contribution in [0.1, 0.15) is 5.56 Å². The van der Waals surface area contributed by atoms with E-state index in [9.17, 15) is 0 Å². The summed E-state index contributed by atoms with van der Waals surface area (Å²) in [5, 5.41) is 3.32. The minimum Gasteiger partial charge on any atom is -0.399 e. The minimum absolute atomic E-state index is 0.740. The molecule has 2 heteroatoms. The molecule has 0 unspecified atom stereocenters. The Morgan fingerprint density at radius 3 is 2.69 bits per heavy atom. The smallest absolute Gasteiger partial charge is 0.0367 e. The zero-order chi connectivity index (χ0) is 11.2. The van der Waals surface area contributed by atoms with E-state index >= 15 is 0 Å². The molecule has 0 atom stereocenters. The lowest BCUT2D eigenvalue weighted by Crippen LogP contribution is -2.04. The Bertz CT molecular complexity index is 437. The highest BCUT2D eigenvalue weighted by atomic mass is 14.9. The van der Waals surface area contributed by atoms with Crippen molar-refractivity contribution in [2.45, 2.75) is 6.42 Å². The Kier molecular flexibility index (Phi) is 3.44. The van der Waals surface area contributed by atoms with E-state index in [4.69, 9.17) is 5.73 Å². The van der Waals surface area contributed by atoms with Crippen LogP contribution in [-0.2, 0) is 6.42 Å². The fraction of sp³-hybridized carbons (Fsp3) is 0.143. The number of nitrogens with one attached hydrogen (secondary N) is 1. The van der Waals surface area contributed by atoms with Crippen molar-refractivity contribution in [2.75, 3.05) is 17.6 Å². The van der Waals surface area contributed by atoms with Crippen LogP contribution in [0, 0.1) is 6.07 Å². The van der Waals surface area contributed by atoms with Gasteiger partial charge in [0, 0.05) is 17.9 Å². The molecule has 1 radical (unpaired) electrons. The Morgan fingerprint density at radius 2 is 1.94 bits per heavy atom. The first-order valence-corrected chi connectivity index (χ1v) is 5.39. The first kappa shape index (κ1) is 10.6. The van der Waals surface area contributed by atoms with E-state index in [1.807, 2.05) is 18.2 Å². The number of benzene rings is 2. The van der Waals surface area contributed by atoms with Crippen molar-refractivity contribution in [3.63, 3.8) is 0 Å². The van der Waals surface area contributed by atoms with Crippen LogP contribution in [0.2, 0.25) is 0 Å². The second-order valence-corrected chi connectivity index (χ2v) is 3.72. The third kappa shape index (κ3) is 3.02. The largest absolute Gasteiger partial charge is 0.399 e. The molecule has 0 bridgehead atoms. The molecule has 0 fully saturated rings. The summed E-state index contributed by atoms with van der Waals surface area (Å²) in [7, 11) is 0. The molecular weight excluding hydrogens is 196 g/mol. The van der Waals surface area contributed by atoms with Gasteiger partial charge in [-0.2, -0.15) is 0 Å². The fourth-order valence-electron chi connectivity index (χ4n) is 1.59. The highest BCUT2D eigenvalue weighted by molar-refractivity contribution is 5.53. The van der Waals surface area contributed by atoms with E-state index in [2.05, 4.69) is 35.6 Å². The van der Waals surface area contributed by atoms with Crippen LogP contribution in [0.4, 0.5) is 11.4 Å². The molecule has 0 aliphatic rings. The van der Waals surface area contributed by atoms with Crippen LogP contribution in [0.5, 0.6) is 0 Å². The Balaban J connectivity index is 1.85. The van der Waals surface area contributed by atoms with Crippen molar-refractivity contribution in [3.8, 4) is 0 Å². The van der Waals surface area contributed by atoms with Crippen molar-refractivity contribution < 1.29 is 0 Å². The highest BCUT2D eigenvalue weighted by Gasteiger charge is 1.93. The first-order chi connectivity index (χ1) is 7.84. The van der Waals surface area contributed by atoms with Gasteiger partial charge in [0.2, 0.25) is 0 Å². The SMILES string of the molecule is Nc1c[c]cc(NCCc2ccccc2)c1. The first-order valence-electron chi connectivity index (χ1n) is 5.39. The summed E-state index contributed by atoms with van der Waals surface area (Å²) in [6.07, 6.45) is 1.01. The van der Waals surface area contributed by atoms with Crippen LogP contribution in [0.25, 0.3) is 0 Å². The van der Waals surface area contributed by atoms with Gasteiger partial charge in [-0.1, -0.05) is 30.3 Å². The van der Waals surface area contributed by atoms with E-state index in [0.29, 0.717) is 0 Å². The summed E-state index contributed by atoms with van der Waals surface area (Å²) < 4.78 is 0. The van der Waals surface area contributed by atoms with Gasteiger partial charge in [0.15, 0.2) is 0 Å². The number of nitrogens with two attached hydrogens (primary N) is 1. The number of hydrogen-bond donors (Lipinski definition) is 2. The molecule has 0 saturated carbocycles. The Morgan fingerprint density at radius 1 is 1.12 bits per heavy atom. The second kappa shape index (κ2) is 5.21. The minimum atomic E-state index is 0.740. The topological polar surface area (TPSA) is 38.0 Å². The van der Waals surface area contributed by atoms with Crippen molar-refractivity contribution in [1.82, 2.24) is 0 Å². The third-order valence-electron chi connectivity index (χ3n) is 2.40. The van der Waals surface area contributed by atoms with Crippen LogP contribution in [0.15, 0.2) is 48.5 Å². The molecule has 3 N–H and O–H groups in total. The maximum Gasteiger partial charge on any atom is 0.0367 e. The maximum atomic E-state index is 5.67. The number of rotatable bonds is 4. The van der Waals surface area contributed by atoms with Crippen molar-refractivity contribution >= 4 is 11.4 Å². The summed E-state index contributed by atoms with van der Waals surface area (Å²) in [6.45, 7) is 0.904. The molecule has 0 aromatic heterocycles. The number of anilines is 2. The summed E-state index contributed by atoms with van der Waals surface area (Å²) in [6, 6.07) is 19.0.